The van der Waals surface area contributed by atoms with Gasteiger partial charge in [-0.25, -0.2) is 0 Å². The quantitative estimate of drug-likeness (QED) is 0.751. The number of unbranched alkanes of at least 4 members (excludes halogenated alkanes) is 3. The van der Waals surface area contributed by atoms with Gasteiger partial charge in [-0.2, -0.15) is 0 Å². The van der Waals surface area contributed by atoms with Gasteiger partial charge in [0.05, 0.1) is 24.0 Å². The van der Waals surface area contributed by atoms with Crippen LogP contribution in [0.2, 0.25) is 0 Å². The molecule has 3 heteroatoms. The van der Waals surface area contributed by atoms with Gasteiger partial charge in [0.1, 0.15) is 5.75 Å². The van der Waals surface area contributed by atoms with E-state index in [1.165, 1.54) is 37.1 Å². The summed E-state index contributed by atoms with van der Waals surface area (Å²) in [4.78, 5) is 0. The Morgan fingerprint density at radius 1 is 1.18 bits per heavy atom. The summed E-state index contributed by atoms with van der Waals surface area (Å²) >= 11 is 0. The Morgan fingerprint density at radius 3 is 2.82 bits per heavy atom. The third kappa shape index (κ3) is 2.60. The minimum Gasteiger partial charge on any atom is -0.497 e. The van der Waals surface area contributed by atoms with Gasteiger partial charge in [0.2, 0.25) is 0 Å². The predicted molar refractivity (Wildman–Crippen MR) is 92.1 cm³/mol. The van der Waals surface area contributed by atoms with Gasteiger partial charge in [0, 0.05) is 18.0 Å². The molecule has 118 valence electrons. The minimum atomic E-state index is -0.0173. The Kier molecular flexibility index (Phi) is 4.14. The van der Waals surface area contributed by atoms with Crippen LogP contribution in [-0.4, -0.2) is 11.7 Å². The van der Waals surface area contributed by atoms with E-state index in [1.807, 2.05) is 6.07 Å². The second-order valence-corrected chi connectivity index (χ2v) is 6.41. The highest BCUT2D eigenvalue weighted by atomic mass is 16.5. The lowest BCUT2D eigenvalue weighted by Crippen LogP contribution is -2.37. The predicted octanol–water partition coefficient (Wildman–Crippen LogP) is 5.10. The Balaban J connectivity index is 1.91. The molecule has 1 aromatic heterocycles. The van der Waals surface area contributed by atoms with Crippen LogP contribution >= 0.6 is 0 Å². The van der Waals surface area contributed by atoms with Gasteiger partial charge < -0.3 is 14.6 Å². The lowest BCUT2D eigenvalue weighted by molar-refractivity contribution is 0.412. The molecule has 3 rings (SSSR count). The van der Waals surface area contributed by atoms with Crippen LogP contribution in [0, 0.1) is 0 Å². The molecule has 1 N–H and O–H groups in total. The van der Waals surface area contributed by atoms with Crippen LogP contribution < -0.4 is 10.1 Å². The van der Waals surface area contributed by atoms with Gasteiger partial charge in [0.15, 0.2) is 0 Å². The largest absolute Gasteiger partial charge is 0.497 e. The second kappa shape index (κ2) is 6.07. The Morgan fingerprint density at radius 2 is 2.05 bits per heavy atom. The summed E-state index contributed by atoms with van der Waals surface area (Å²) < 4.78 is 7.69. The van der Waals surface area contributed by atoms with Crippen molar-refractivity contribution in [3.8, 4) is 11.4 Å². The number of ether oxygens (including phenoxy) is 1. The SMILES string of the molecule is CCCCCCC1(C)Nc2cc(OC)ccc2-n2cccc21. The van der Waals surface area contributed by atoms with Gasteiger partial charge in [-0.3, -0.25) is 0 Å². The highest BCUT2D eigenvalue weighted by Crippen LogP contribution is 2.41. The molecule has 0 saturated heterocycles. The summed E-state index contributed by atoms with van der Waals surface area (Å²) in [5.74, 6) is 0.898. The number of methoxy groups -OCH3 is 1. The number of fused-ring (bicyclic) bond motifs is 3. The Hall–Kier alpha value is -1.90. The van der Waals surface area contributed by atoms with Crippen molar-refractivity contribution >= 4 is 5.69 Å². The maximum absolute atomic E-state index is 5.38. The average molecular weight is 298 g/mol. The van der Waals surface area contributed by atoms with Crippen molar-refractivity contribution in [3.63, 3.8) is 0 Å². The molecule has 0 amide bonds. The number of benzene rings is 1. The first-order valence-electron chi connectivity index (χ1n) is 8.32. The third-order valence-electron chi connectivity index (χ3n) is 4.72. The van der Waals surface area contributed by atoms with Crippen molar-refractivity contribution in [2.45, 2.75) is 51.5 Å². The lowest BCUT2D eigenvalue weighted by atomic mass is 9.88. The molecule has 3 nitrogen and oxygen atoms in total. The molecule has 0 fully saturated rings. The van der Waals surface area contributed by atoms with Crippen LogP contribution in [0.4, 0.5) is 5.69 Å². The molecule has 0 radical (unpaired) electrons. The number of anilines is 1. The fourth-order valence-electron chi connectivity index (χ4n) is 3.45. The van der Waals surface area contributed by atoms with E-state index in [0.29, 0.717) is 0 Å². The zero-order valence-corrected chi connectivity index (χ0v) is 13.9. The number of hydrogen-bond donors (Lipinski definition) is 1. The Bertz CT molecular complexity index is 647. The standard InChI is InChI=1S/C19H26N2O/c1-4-5-6-7-12-19(2)18-9-8-13-21(18)17-11-10-15(22-3)14-16(17)20-19/h8-11,13-14,20H,4-7,12H2,1-3H3. The summed E-state index contributed by atoms with van der Waals surface area (Å²) in [5.41, 5.74) is 3.69. The number of aromatic nitrogens is 1. The van der Waals surface area contributed by atoms with Crippen molar-refractivity contribution in [2.24, 2.45) is 0 Å². The van der Waals surface area contributed by atoms with E-state index in [4.69, 9.17) is 4.74 Å². The van der Waals surface area contributed by atoms with Crippen molar-refractivity contribution < 1.29 is 4.74 Å². The molecule has 1 atom stereocenters. The van der Waals surface area contributed by atoms with Crippen LogP contribution in [0.25, 0.3) is 5.69 Å². The van der Waals surface area contributed by atoms with Crippen molar-refractivity contribution in [1.82, 2.24) is 4.57 Å². The zero-order chi connectivity index (χ0) is 15.6. The van der Waals surface area contributed by atoms with E-state index in [2.05, 4.69) is 54.2 Å². The number of nitrogens with zero attached hydrogens (tertiary/aromatic N) is 1. The number of rotatable bonds is 6. The fraction of sp³-hybridized carbons (Fsp3) is 0.474. The number of hydrogen-bond acceptors (Lipinski definition) is 2. The van der Waals surface area contributed by atoms with Crippen molar-refractivity contribution in [1.29, 1.82) is 0 Å². The molecule has 1 unspecified atom stereocenters. The maximum atomic E-state index is 5.38. The van der Waals surface area contributed by atoms with E-state index in [0.717, 1.165) is 17.9 Å². The summed E-state index contributed by atoms with van der Waals surface area (Å²) in [6.07, 6.45) is 8.46. The van der Waals surface area contributed by atoms with E-state index in [-0.39, 0.29) is 5.54 Å². The molecule has 0 aliphatic carbocycles. The summed E-state index contributed by atoms with van der Waals surface area (Å²) in [7, 11) is 1.72. The highest BCUT2D eigenvalue weighted by molar-refractivity contribution is 5.68. The highest BCUT2D eigenvalue weighted by Gasteiger charge is 2.34. The molecular formula is C19H26N2O. The second-order valence-electron chi connectivity index (χ2n) is 6.41. The van der Waals surface area contributed by atoms with Crippen LogP contribution in [0.1, 0.15) is 51.6 Å². The van der Waals surface area contributed by atoms with Crippen LogP contribution in [-0.2, 0) is 5.54 Å². The molecule has 1 aliphatic rings. The maximum Gasteiger partial charge on any atom is 0.121 e. The fourth-order valence-corrected chi connectivity index (χ4v) is 3.45. The molecule has 0 spiro atoms. The van der Waals surface area contributed by atoms with E-state index in [1.54, 1.807) is 7.11 Å². The molecule has 2 aromatic rings. The molecule has 22 heavy (non-hydrogen) atoms. The Labute approximate surface area is 133 Å². The molecule has 1 aliphatic heterocycles. The molecule has 0 bridgehead atoms. The molecule has 0 saturated carbocycles. The first-order chi connectivity index (χ1) is 10.7. The molecular weight excluding hydrogens is 272 g/mol. The average Bonchev–Trinajstić information content (AvgIpc) is 3.02. The summed E-state index contributed by atoms with van der Waals surface area (Å²) in [5, 5.41) is 3.77. The van der Waals surface area contributed by atoms with E-state index < -0.39 is 0 Å². The van der Waals surface area contributed by atoms with Crippen molar-refractivity contribution in [3.05, 3.63) is 42.2 Å². The van der Waals surface area contributed by atoms with Gasteiger partial charge in [-0.05, 0) is 37.6 Å². The van der Waals surface area contributed by atoms with Gasteiger partial charge in [-0.15, -0.1) is 0 Å². The molecule has 2 heterocycles. The van der Waals surface area contributed by atoms with Gasteiger partial charge in [0.25, 0.3) is 0 Å². The summed E-state index contributed by atoms with van der Waals surface area (Å²) in [6, 6.07) is 10.6. The smallest absolute Gasteiger partial charge is 0.121 e. The van der Waals surface area contributed by atoms with Crippen LogP contribution in [0.15, 0.2) is 36.5 Å². The summed E-state index contributed by atoms with van der Waals surface area (Å²) in [6.45, 7) is 4.57. The molecule has 1 aromatic carbocycles. The zero-order valence-electron chi connectivity index (χ0n) is 13.9. The van der Waals surface area contributed by atoms with Gasteiger partial charge in [-0.1, -0.05) is 32.6 Å². The third-order valence-corrected chi connectivity index (χ3v) is 4.72. The normalized spacial score (nSPS) is 19.2. The van der Waals surface area contributed by atoms with Crippen LogP contribution in [0.5, 0.6) is 5.75 Å². The first kappa shape index (κ1) is 15.0. The minimum absolute atomic E-state index is 0.0173. The topological polar surface area (TPSA) is 26.2 Å². The first-order valence-corrected chi connectivity index (χ1v) is 8.32. The van der Waals surface area contributed by atoms with E-state index >= 15 is 0 Å². The van der Waals surface area contributed by atoms with Crippen LogP contribution in [0.3, 0.4) is 0 Å². The lowest BCUT2D eigenvalue weighted by Gasteiger charge is -2.38. The van der Waals surface area contributed by atoms with Gasteiger partial charge >= 0.3 is 0 Å². The monoisotopic (exact) mass is 298 g/mol. The number of nitrogens with one attached hydrogen (secondary N) is 1. The van der Waals surface area contributed by atoms with E-state index in [9.17, 15) is 0 Å². The van der Waals surface area contributed by atoms with Crippen molar-refractivity contribution in [2.75, 3.05) is 12.4 Å².